The van der Waals surface area contributed by atoms with Crippen LogP contribution < -0.4 is 0 Å². The molecule has 1 radical (unpaired) electrons. The number of ether oxygens (including phenoxy) is 1. The van der Waals surface area contributed by atoms with Gasteiger partial charge in [-0.05, 0) is 18.8 Å². The number of carbonyl (C=O) groups excluding carboxylic acids is 1. The third-order valence-corrected chi connectivity index (χ3v) is 3.01. The Labute approximate surface area is 129 Å². The second-order valence-corrected chi connectivity index (χ2v) is 4.56. The Kier molecular flexibility index (Phi) is 16.9. The maximum absolute atomic E-state index is 11.4. The third-order valence-electron chi connectivity index (χ3n) is 3.01. The SMILES string of the molecule is CCCCCC(=O)OCC(CC)CCCC.[Na]. The third kappa shape index (κ3) is 12.7. The summed E-state index contributed by atoms with van der Waals surface area (Å²) in [6, 6.07) is 0. The van der Waals surface area contributed by atoms with Crippen molar-refractivity contribution in [3.8, 4) is 0 Å². The van der Waals surface area contributed by atoms with Crippen LogP contribution in [0.5, 0.6) is 0 Å². The number of hydrogen-bond donors (Lipinski definition) is 0. The molecule has 0 aliphatic rings. The molecule has 97 valence electrons. The van der Waals surface area contributed by atoms with Gasteiger partial charge in [-0.2, -0.15) is 0 Å². The van der Waals surface area contributed by atoms with Gasteiger partial charge in [-0.15, -0.1) is 0 Å². The maximum atomic E-state index is 11.4. The Morgan fingerprint density at radius 2 is 1.71 bits per heavy atom. The van der Waals surface area contributed by atoms with Crippen LogP contribution in [0.15, 0.2) is 0 Å². The van der Waals surface area contributed by atoms with Gasteiger partial charge in [-0.1, -0.05) is 52.9 Å². The molecule has 0 aromatic heterocycles. The molecular weight excluding hydrogens is 223 g/mol. The Balaban J connectivity index is 0. The molecule has 3 heteroatoms. The fraction of sp³-hybridized carbons (Fsp3) is 0.929. The van der Waals surface area contributed by atoms with E-state index in [1.54, 1.807) is 0 Å². The van der Waals surface area contributed by atoms with Crippen molar-refractivity contribution >= 4 is 35.5 Å². The molecule has 2 nitrogen and oxygen atoms in total. The van der Waals surface area contributed by atoms with E-state index in [1.807, 2.05) is 0 Å². The van der Waals surface area contributed by atoms with E-state index >= 15 is 0 Å². The predicted octanol–water partition coefficient (Wildman–Crippen LogP) is 3.95. The Morgan fingerprint density at radius 3 is 2.24 bits per heavy atom. The van der Waals surface area contributed by atoms with Crippen LogP contribution in [0.25, 0.3) is 0 Å². The van der Waals surface area contributed by atoms with Gasteiger partial charge in [0.25, 0.3) is 0 Å². The van der Waals surface area contributed by atoms with E-state index in [9.17, 15) is 4.79 Å². The molecule has 0 saturated carbocycles. The van der Waals surface area contributed by atoms with Crippen LogP contribution >= 0.6 is 0 Å². The van der Waals surface area contributed by atoms with Gasteiger partial charge in [0.05, 0.1) is 6.61 Å². The normalized spacial score (nSPS) is 11.7. The summed E-state index contributed by atoms with van der Waals surface area (Å²) >= 11 is 0. The fourth-order valence-electron chi connectivity index (χ4n) is 1.70. The largest absolute Gasteiger partial charge is 0.465 e. The first-order chi connectivity index (χ1) is 7.74. The zero-order valence-corrected chi connectivity index (χ0v) is 14.3. The molecule has 0 bridgehead atoms. The van der Waals surface area contributed by atoms with E-state index in [4.69, 9.17) is 4.74 Å². The van der Waals surface area contributed by atoms with Gasteiger partial charge < -0.3 is 4.74 Å². The average molecular weight is 251 g/mol. The van der Waals surface area contributed by atoms with Crippen molar-refractivity contribution in [2.45, 2.75) is 72.1 Å². The Morgan fingerprint density at radius 1 is 1.06 bits per heavy atom. The number of rotatable bonds is 10. The molecule has 0 aliphatic heterocycles. The Hall–Kier alpha value is 0.470. The predicted molar refractivity (Wildman–Crippen MR) is 74.2 cm³/mol. The molecule has 0 aromatic carbocycles. The van der Waals surface area contributed by atoms with E-state index in [1.165, 1.54) is 19.3 Å². The molecule has 0 aromatic rings. The summed E-state index contributed by atoms with van der Waals surface area (Å²) in [5.74, 6) is 0.554. The summed E-state index contributed by atoms with van der Waals surface area (Å²) < 4.78 is 5.30. The molecule has 0 rings (SSSR count). The number of carbonyl (C=O) groups is 1. The summed E-state index contributed by atoms with van der Waals surface area (Å²) in [6.45, 7) is 7.14. The molecule has 0 spiro atoms. The first-order valence-corrected chi connectivity index (χ1v) is 6.90. The van der Waals surface area contributed by atoms with Crippen LogP contribution in [-0.2, 0) is 9.53 Å². The summed E-state index contributed by atoms with van der Waals surface area (Å²) in [5, 5.41) is 0. The van der Waals surface area contributed by atoms with E-state index in [0.29, 0.717) is 18.9 Å². The van der Waals surface area contributed by atoms with Crippen molar-refractivity contribution in [2.75, 3.05) is 6.61 Å². The smallest absolute Gasteiger partial charge is 0.305 e. The topological polar surface area (TPSA) is 26.3 Å². The van der Waals surface area contributed by atoms with Gasteiger partial charge in [-0.3, -0.25) is 4.79 Å². The van der Waals surface area contributed by atoms with E-state index in [0.717, 1.165) is 25.7 Å². The van der Waals surface area contributed by atoms with Crippen LogP contribution in [0.3, 0.4) is 0 Å². The van der Waals surface area contributed by atoms with Crippen LogP contribution in [0.1, 0.15) is 72.1 Å². The van der Waals surface area contributed by atoms with Gasteiger partial charge in [0.2, 0.25) is 0 Å². The molecule has 0 saturated heterocycles. The average Bonchev–Trinajstić information content (AvgIpc) is 2.30. The molecule has 0 amide bonds. The van der Waals surface area contributed by atoms with Gasteiger partial charge in [0.15, 0.2) is 0 Å². The molecule has 0 heterocycles. The standard InChI is InChI=1S/C14H28O2.Na/c1-4-7-9-11-14(15)16-12-13(6-3)10-8-5-2;/h13H,4-12H2,1-3H3;. The number of unbranched alkanes of at least 4 members (excludes halogenated alkanes) is 3. The van der Waals surface area contributed by atoms with Crippen molar-refractivity contribution in [3.05, 3.63) is 0 Å². The van der Waals surface area contributed by atoms with Crippen molar-refractivity contribution in [2.24, 2.45) is 5.92 Å². The number of hydrogen-bond acceptors (Lipinski definition) is 2. The summed E-state index contributed by atoms with van der Waals surface area (Å²) in [6.07, 6.45) is 8.62. The van der Waals surface area contributed by atoms with Gasteiger partial charge in [0.1, 0.15) is 0 Å². The van der Waals surface area contributed by atoms with Crippen molar-refractivity contribution in [1.82, 2.24) is 0 Å². The number of esters is 1. The van der Waals surface area contributed by atoms with Gasteiger partial charge in [-0.25, -0.2) is 0 Å². The minimum atomic E-state index is -0.0107. The first-order valence-electron chi connectivity index (χ1n) is 6.90. The quantitative estimate of drug-likeness (QED) is 0.334. The molecular formula is C14H28NaO2. The second kappa shape index (κ2) is 14.5. The summed E-state index contributed by atoms with van der Waals surface area (Å²) in [5.41, 5.74) is 0. The molecule has 0 N–H and O–H groups in total. The van der Waals surface area contributed by atoms with Crippen molar-refractivity contribution in [1.29, 1.82) is 0 Å². The molecule has 1 unspecified atom stereocenters. The van der Waals surface area contributed by atoms with Crippen LogP contribution in [0, 0.1) is 5.92 Å². The van der Waals surface area contributed by atoms with E-state index in [2.05, 4.69) is 20.8 Å². The maximum Gasteiger partial charge on any atom is 0.305 e. The van der Waals surface area contributed by atoms with Gasteiger partial charge in [0, 0.05) is 36.0 Å². The zero-order valence-electron chi connectivity index (χ0n) is 12.3. The second-order valence-electron chi connectivity index (χ2n) is 4.56. The van der Waals surface area contributed by atoms with Crippen molar-refractivity contribution < 1.29 is 9.53 Å². The molecule has 1 atom stereocenters. The van der Waals surface area contributed by atoms with E-state index < -0.39 is 0 Å². The van der Waals surface area contributed by atoms with Crippen LogP contribution in [0.4, 0.5) is 0 Å². The minimum Gasteiger partial charge on any atom is -0.465 e. The molecule has 0 aliphatic carbocycles. The fourth-order valence-corrected chi connectivity index (χ4v) is 1.70. The van der Waals surface area contributed by atoms with Crippen LogP contribution in [0.2, 0.25) is 0 Å². The zero-order chi connectivity index (χ0) is 12.2. The Bertz CT molecular complexity index is 172. The molecule has 17 heavy (non-hydrogen) atoms. The van der Waals surface area contributed by atoms with Gasteiger partial charge >= 0.3 is 5.97 Å². The van der Waals surface area contributed by atoms with E-state index in [-0.39, 0.29) is 35.5 Å². The first kappa shape index (κ1) is 19.8. The monoisotopic (exact) mass is 251 g/mol. The summed E-state index contributed by atoms with van der Waals surface area (Å²) in [4.78, 5) is 11.4. The summed E-state index contributed by atoms with van der Waals surface area (Å²) in [7, 11) is 0. The van der Waals surface area contributed by atoms with Crippen LogP contribution in [-0.4, -0.2) is 42.1 Å². The van der Waals surface area contributed by atoms with Crippen molar-refractivity contribution in [3.63, 3.8) is 0 Å². The molecule has 0 fully saturated rings. The minimum absolute atomic E-state index is 0.